The van der Waals surface area contributed by atoms with E-state index in [1.807, 2.05) is 33.8 Å². The maximum absolute atomic E-state index is 12.9. The third kappa shape index (κ3) is 5.32. The molecule has 162 valence electrons. The Morgan fingerprint density at radius 3 is 2.43 bits per heavy atom. The van der Waals surface area contributed by atoms with E-state index in [1.165, 1.54) is 0 Å². The van der Waals surface area contributed by atoms with Crippen molar-refractivity contribution in [1.29, 1.82) is 5.26 Å². The number of nitriles is 1. The van der Waals surface area contributed by atoms with E-state index in [0.717, 1.165) is 28.0 Å². The lowest BCUT2D eigenvalue weighted by Crippen LogP contribution is -2.19. The van der Waals surface area contributed by atoms with Crippen molar-refractivity contribution in [1.82, 2.24) is 4.98 Å². The molecular weight excluding hydrogens is 420 g/mol. The lowest BCUT2D eigenvalue weighted by molar-refractivity contribution is -0.117. The standard InChI is InChI=1S/C21H28N4O3S2/c1-12(2)15-8-7-14(10-22)19(13(3)4)16(15)9-18(26)25-30(23,28)20-24-17(11-29-20)21(5,6)27/h7-8,11-13,27H,9H2,1-6H3,(H2,23,25,26,28). The van der Waals surface area contributed by atoms with E-state index in [2.05, 4.69) is 15.4 Å². The van der Waals surface area contributed by atoms with Gasteiger partial charge in [-0.25, -0.2) is 14.3 Å². The first-order chi connectivity index (χ1) is 13.8. The summed E-state index contributed by atoms with van der Waals surface area (Å²) in [6.07, 6.45) is -0.103. The molecule has 0 saturated heterocycles. The highest BCUT2D eigenvalue weighted by Gasteiger charge is 2.24. The summed E-state index contributed by atoms with van der Waals surface area (Å²) in [5, 5.41) is 27.0. The molecule has 0 bridgehead atoms. The molecule has 1 atom stereocenters. The fraction of sp³-hybridized carbons (Fsp3) is 0.476. The van der Waals surface area contributed by atoms with Gasteiger partial charge in [-0.2, -0.15) is 5.26 Å². The first kappa shape index (κ1) is 24.2. The predicted octanol–water partition coefficient (Wildman–Crippen LogP) is 3.96. The number of rotatable bonds is 6. The molecule has 0 aliphatic carbocycles. The second-order valence-electron chi connectivity index (χ2n) is 8.30. The Bertz CT molecular complexity index is 1110. The summed E-state index contributed by atoms with van der Waals surface area (Å²) < 4.78 is 16.7. The average molecular weight is 449 g/mol. The van der Waals surface area contributed by atoms with Gasteiger partial charge in [-0.3, -0.25) is 4.79 Å². The summed E-state index contributed by atoms with van der Waals surface area (Å²) in [5.41, 5.74) is 2.09. The van der Waals surface area contributed by atoms with Gasteiger partial charge in [-0.05, 0) is 48.4 Å². The molecule has 7 nitrogen and oxygen atoms in total. The van der Waals surface area contributed by atoms with Crippen molar-refractivity contribution in [2.75, 3.05) is 0 Å². The minimum atomic E-state index is -3.54. The first-order valence-electron chi connectivity index (χ1n) is 9.59. The molecule has 0 saturated carbocycles. The van der Waals surface area contributed by atoms with Crippen LogP contribution in [0, 0.1) is 11.3 Å². The number of carbonyl (C=O) groups is 1. The number of benzene rings is 1. The van der Waals surface area contributed by atoms with Gasteiger partial charge in [0.25, 0.3) is 5.91 Å². The number of nitrogens with zero attached hydrogens (tertiary/aromatic N) is 3. The number of thiazole rings is 1. The third-order valence-electron chi connectivity index (χ3n) is 4.64. The van der Waals surface area contributed by atoms with Crippen molar-refractivity contribution in [3.8, 4) is 6.07 Å². The first-order valence-corrected chi connectivity index (χ1v) is 12.1. The largest absolute Gasteiger partial charge is 0.384 e. The van der Waals surface area contributed by atoms with Crippen LogP contribution in [-0.2, 0) is 26.7 Å². The van der Waals surface area contributed by atoms with Crippen LogP contribution in [0.4, 0.5) is 0 Å². The molecule has 0 aliphatic heterocycles. The number of amides is 1. The van der Waals surface area contributed by atoms with Crippen LogP contribution in [0.2, 0.25) is 0 Å². The SMILES string of the molecule is CC(C)c1ccc(C#N)c(C(C)C)c1CC(=O)N=S(N)(=O)c1nc(C(C)(C)O)cs1. The number of carbonyl (C=O) groups excluding carboxylic acids is 1. The van der Waals surface area contributed by atoms with E-state index in [4.69, 9.17) is 5.14 Å². The van der Waals surface area contributed by atoms with Gasteiger partial charge in [-0.15, -0.1) is 15.7 Å². The Hall–Kier alpha value is -2.12. The average Bonchev–Trinajstić information content (AvgIpc) is 3.11. The van der Waals surface area contributed by atoms with E-state index in [0.29, 0.717) is 11.3 Å². The van der Waals surface area contributed by atoms with E-state index >= 15 is 0 Å². The van der Waals surface area contributed by atoms with E-state index in [9.17, 15) is 19.4 Å². The van der Waals surface area contributed by atoms with Crippen molar-refractivity contribution in [3.63, 3.8) is 0 Å². The van der Waals surface area contributed by atoms with Gasteiger partial charge in [0.1, 0.15) is 5.60 Å². The van der Waals surface area contributed by atoms with Crippen LogP contribution in [0.1, 0.15) is 81.3 Å². The molecule has 9 heteroatoms. The lowest BCUT2D eigenvalue weighted by atomic mass is 9.84. The Labute approximate surface area is 182 Å². The molecule has 1 aromatic heterocycles. The molecule has 1 aromatic carbocycles. The number of hydrogen-bond donors (Lipinski definition) is 2. The fourth-order valence-electron chi connectivity index (χ4n) is 3.22. The molecule has 0 radical (unpaired) electrons. The van der Waals surface area contributed by atoms with Crippen LogP contribution in [0.25, 0.3) is 0 Å². The molecule has 2 rings (SSSR count). The van der Waals surface area contributed by atoms with Crippen molar-refractivity contribution in [2.45, 2.75) is 69.7 Å². The van der Waals surface area contributed by atoms with Crippen LogP contribution in [0.15, 0.2) is 26.2 Å². The highest BCUT2D eigenvalue weighted by atomic mass is 32.2. The Morgan fingerprint density at radius 2 is 1.97 bits per heavy atom. The van der Waals surface area contributed by atoms with Crippen LogP contribution in [0.3, 0.4) is 0 Å². The number of aliphatic hydroxyl groups is 1. The summed E-state index contributed by atoms with van der Waals surface area (Å²) in [6.45, 7) is 11.0. The van der Waals surface area contributed by atoms with Crippen LogP contribution in [0.5, 0.6) is 0 Å². The van der Waals surface area contributed by atoms with Crippen molar-refractivity contribution < 1.29 is 14.1 Å². The number of nitrogens with two attached hydrogens (primary N) is 1. The molecule has 1 heterocycles. The Balaban J connectivity index is 2.50. The number of hydrogen-bond acceptors (Lipinski definition) is 6. The Kier molecular flexibility index (Phi) is 7.20. The van der Waals surface area contributed by atoms with Crippen LogP contribution in [-0.4, -0.2) is 20.2 Å². The molecule has 30 heavy (non-hydrogen) atoms. The molecule has 1 amide bonds. The molecule has 1 unspecified atom stereocenters. The second-order valence-corrected chi connectivity index (χ2v) is 11.1. The third-order valence-corrected chi connectivity index (χ3v) is 7.34. The van der Waals surface area contributed by atoms with Crippen molar-refractivity contribution >= 4 is 27.2 Å². The van der Waals surface area contributed by atoms with Gasteiger partial charge < -0.3 is 5.11 Å². The zero-order valence-corrected chi connectivity index (χ0v) is 19.7. The lowest BCUT2D eigenvalue weighted by Gasteiger charge is -2.20. The summed E-state index contributed by atoms with van der Waals surface area (Å²) in [7, 11) is -3.54. The zero-order valence-electron chi connectivity index (χ0n) is 18.1. The number of aromatic nitrogens is 1. The van der Waals surface area contributed by atoms with Crippen molar-refractivity contribution in [2.24, 2.45) is 9.50 Å². The quantitative estimate of drug-likeness (QED) is 0.691. The van der Waals surface area contributed by atoms with Crippen molar-refractivity contribution in [3.05, 3.63) is 45.5 Å². The highest BCUT2D eigenvalue weighted by molar-refractivity contribution is 7.93. The van der Waals surface area contributed by atoms with Crippen LogP contribution >= 0.6 is 11.3 Å². The predicted molar refractivity (Wildman–Crippen MR) is 118 cm³/mol. The van der Waals surface area contributed by atoms with Gasteiger partial charge in [0, 0.05) is 5.38 Å². The normalized spacial score (nSPS) is 13.9. The van der Waals surface area contributed by atoms with Gasteiger partial charge in [0.05, 0.1) is 23.7 Å². The van der Waals surface area contributed by atoms with Gasteiger partial charge in [-0.1, -0.05) is 33.8 Å². The van der Waals surface area contributed by atoms with Gasteiger partial charge in [0.2, 0.25) is 4.34 Å². The zero-order chi connectivity index (χ0) is 22.9. The molecule has 0 aliphatic rings. The summed E-state index contributed by atoms with van der Waals surface area (Å²) in [4.78, 5) is 16.9. The summed E-state index contributed by atoms with van der Waals surface area (Å²) in [6, 6.07) is 5.82. The highest BCUT2D eigenvalue weighted by Crippen LogP contribution is 2.31. The molecule has 0 spiro atoms. The van der Waals surface area contributed by atoms with E-state index < -0.39 is 21.4 Å². The van der Waals surface area contributed by atoms with Gasteiger partial charge >= 0.3 is 0 Å². The Morgan fingerprint density at radius 1 is 1.33 bits per heavy atom. The topological polar surface area (TPSA) is 129 Å². The van der Waals surface area contributed by atoms with Gasteiger partial charge in [0.15, 0.2) is 9.92 Å². The van der Waals surface area contributed by atoms with E-state index in [1.54, 1.807) is 25.3 Å². The van der Waals surface area contributed by atoms with Crippen LogP contribution < -0.4 is 5.14 Å². The fourth-order valence-corrected chi connectivity index (χ4v) is 5.41. The minimum absolute atomic E-state index is 0.00748. The maximum atomic E-state index is 12.9. The second kappa shape index (κ2) is 8.94. The summed E-state index contributed by atoms with van der Waals surface area (Å²) in [5.74, 6) is -0.480. The molecule has 2 aromatic rings. The molecule has 0 fully saturated rings. The summed E-state index contributed by atoms with van der Waals surface area (Å²) >= 11 is 0.993. The smallest absolute Gasteiger partial charge is 0.259 e. The monoisotopic (exact) mass is 448 g/mol. The maximum Gasteiger partial charge on any atom is 0.259 e. The molecule has 3 N–H and O–H groups in total. The minimum Gasteiger partial charge on any atom is -0.384 e. The van der Waals surface area contributed by atoms with E-state index in [-0.39, 0.29) is 22.6 Å². The molecular formula is C21H28N4O3S2.